The van der Waals surface area contributed by atoms with Crippen LogP contribution in [0.15, 0.2) is 0 Å². The molecule has 0 rings (SSSR count). The molecular formula is C7H11NO6P2. The van der Waals surface area contributed by atoms with Crippen molar-refractivity contribution in [2.24, 2.45) is 0 Å². The lowest BCUT2D eigenvalue weighted by Gasteiger charge is -2.14. The van der Waals surface area contributed by atoms with Crippen molar-refractivity contribution in [2.45, 2.75) is 0 Å². The van der Waals surface area contributed by atoms with Gasteiger partial charge in [0, 0.05) is 7.05 Å². The highest BCUT2D eigenvalue weighted by Gasteiger charge is 2.18. The van der Waals surface area contributed by atoms with Crippen LogP contribution in [-0.2, 0) is 19.1 Å². The van der Waals surface area contributed by atoms with E-state index in [-0.39, 0.29) is 0 Å². The number of ether oxygens (including phenoxy) is 2. The van der Waals surface area contributed by atoms with Crippen LogP contribution in [0.1, 0.15) is 0 Å². The van der Waals surface area contributed by atoms with Gasteiger partial charge in [0.25, 0.3) is 11.8 Å². The summed E-state index contributed by atoms with van der Waals surface area (Å²) in [6.45, 7) is -1.08. The minimum absolute atomic E-state index is 0.542. The normalized spacial score (nSPS) is 9.19. The summed E-state index contributed by atoms with van der Waals surface area (Å²) >= 11 is 0. The molecule has 90 valence electrons. The van der Waals surface area contributed by atoms with E-state index in [1.54, 1.807) is 18.5 Å². The Kier molecular flexibility index (Phi) is 6.77. The van der Waals surface area contributed by atoms with Crippen LogP contribution in [0.25, 0.3) is 0 Å². The van der Waals surface area contributed by atoms with Crippen LogP contribution in [0.3, 0.4) is 0 Å². The zero-order chi connectivity index (χ0) is 12.7. The number of amides is 2. The summed E-state index contributed by atoms with van der Waals surface area (Å²) in [5.74, 6) is -1.42. The van der Waals surface area contributed by atoms with Crippen molar-refractivity contribution >= 4 is 41.7 Å². The summed E-state index contributed by atoms with van der Waals surface area (Å²) in [7, 11) is 4.64. The van der Waals surface area contributed by atoms with Gasteiger partial charge < -0.3 is 9.47 Å². The molecule has 0 saturated carbocycles. The van der Waals surface area contributed by atoms with Gasteiger partial charge in [-0.1, -0.05) is 0 Å². The largest absolute Gasteiger partial charge is 0.453 e. The van der Waals surface area contributed by atoms with Crippen LogP contribution in [0.5, 0.6) is 0 Å². The first-order valence-corrected chi connectivity index (χ1v) is 5.14. The van der Waals surface area contributed by atoms with Gasteiger partial charge in [-0.25, -0.2) is 9.59 Å². The van der Waals surface area contributed by atoms with Crippen molar-refractivity contribution < 1.29 is 28.7 Å². The Labute approximate surface area is 96.2 Å². The predicted molar refractivity (Wildman–Crippen MR) is 59.9 cm³/mol. The smallest absolute Gasteiger partial charge is 0.320 e. The summed E-state index contributed by atoms with van der Waals surface area (Å²) in [6, 6.07) is 0. The number of carbonyl (C=O) groups is 4. The summed E-state index contributed by atoms with van der Waals surface area (Å²) in [4.78, 5) is 43.9. The molecule has 0 fully saturated rings. The van der Waals surface area contributed by atoms with Gasteiger partial charge >= 0.3 is 11.4 Å². The fourth-order valence-corrected chi connectivity index (χ4v) is 0.765. The molecule has 0 heterocycles. The molecule has 16 heavy (non-hydrogen) atoms. The van der Waals surface area contributed by atoms with E-state index in [9.17, 15) is 19.2 Å². The zero-order valence-electron chi connectivity index (χ0n) is 8.47. The maximum atomic E-state index is 11.2. The Hall–Kier alpha value is -1.06. The third kappa shape index (κ3) is 6.43. The maximum absolute atomic E-state index is 11.2. The molecular weight excluding hydrogens is 256 g/mol. The lowest BCUT2D eigenvalue weighted by molar-refractivity contribution is -0.146. The maximum Gasteiger partial charge on any atom is 0.320 e. The van der Waals surface area contributed by atoms with Gasteiger partial charge in [-0.3, -0.25) is 14.5 Å². The third-order valence-corrected chi connectivity index (χ3v) is 1.76. The second-order valence-corrected chi connectivity index (χ2v) is 3.50. The van der Waals surface area contributed by atoms with Gasteiger partial charge in [-0.05, 0) is 18.5 Å². The summed E-state index contributed by atoms with van der Waals surface area (Å²) < 4.78 is 8.74. The number of carbonyl (C=O) groups excluding carboxylic acids is 4. The Morgan fingerprint density at radius 3 is 1.50 bits per heavy atom. The molecule has 0 aromatic rings. The SMILES string of the molecule is CN(C(=O)COC(=O)P)C(=O)COC(=O)P. The van der Waals surface area contributed by atoms with Gasteiger partial charge in [0.1, 0.15) is 0 Å². The average molecular weight is 267 g/mol. The predicted octanol–water partition coefficient (Wildman–Crippen LogP) is -0.00520. The fraction of sp³-hybridized carbons (Fsp3) is 0.429. The van der Waals surface area contributed by atoms with Gasteiger partial charge in [-0.2, -0.15) is 0 Å². The van der Waals surface area contributed by atoms with E-state index < -0.39 is 36.4 Å². The van der Waals surface area contributed by atoms with E-state index in [1.807, 2.05) is 0 Å². The van der Waals surface area contributed by atoms with Gasteiger partial charge in [0.05, 0.1) is 0 Å². The molecule has 2 amide bonds. The van der Waals surface area contributed by atoms with E-state index in [1.165, 1.54) is 7.05 Å². The molecule has 0 saturated heterocycles. The summed E-state index contributed by atoms with van der Waals surface area (Å²) in [5, 5.41) is 0. The molecule has 2 atom stereocenters. The minimum Gasteiger partial charge on any atom is -0.453 e. The summed E-state index contributed by atoms with van der Waals surface area (Å²) in [5.41, 5.74) is -1.41. The van der Waals surface area contributed by atoms with Crippen molar-refractivity contribution in [3.8, 4) is 0 Å². The monoisotopic (exact) mass is 267 g/mol. The average Bonchev–Trinajstić information content (AvgIpc) is 2.21. The van der Waals surface area contributed by atoms with Gasteiger partial charge in [0.15, 0.2) is 13.2 Å². The Bertz CT molecular complexity index is 288. The highest BCUT2D eigenvalue weighted by atomic mass is 31.0. The highest BCUT2D eigenvalue weighted by Crippen LogP contribution is 1.96. The van der Waals surface area contributed by atoms with Crippen LogP contribution in [-0.4, -0.2) is 48.4 Å². The number of nitrogens with zero attached hydrogens (tertiary/aromatic N) is 1. The number of hydrogen-bond acceptors (Lipinski definition) is 6. The van der Waals surface area contributed by atoms with Crippen molar-refractivity contribution in [1.82, 2.24) is 4.90 Å². The first-order chi connectivity index (χ1) is 7.34. The number of rotatable bonds is 4. The quantitative estimate of drug-likeness (QED) is 0.666. The molecule has 7 nitrogen and oxygen atoms in total. The first kappa shape index (κ1) is 14.9. The molecule has 0 aromatic heterocycles. The molecule has 9 heteroatoms. The van der Waals surface area contributed by atoms with E-state index in [0.29, 0.717) is 4.90 Å². The second kappa shape index (κ2) is 7.25. The lowest BCUT2D eigenvalue weighted by Crippen LogP contribution is -2.38. The Morgan fingerprint density at radius 2 is 1.25 bits per heavy atom. The standard InChI is InChI=1S/C7H11NO6P2/c1-8(4(9)2-13-6(11)15)5(10)3-14-7(12)16/h2-3,15-16H2,1H3. The van der Waals surface area contributed by atoms with Crippen LogP contribution in [0.2, 0.25) is 0 Å². The number of likely N-dealkylation sites (N-methyl/N-ethyl adjacent to an activating group) is 1. The van der Waals surface area contributed by atoms with Crippen LogP contribution >= 0.6 is 18.5 Å². The van der Waals surface area contributed by atoms with E-state index >= 15 is 0 Å². The van der Waals surface area contributed by atoms with E-state index in [2.05, 4.69) is 9.47 Å². The van der Waals surface area contributed by atoms with E-state index in [0.717, 1.165) is 0 Å². The third-order valence-electron chi connectivity index (χ3n) is 1.42. The minimum atomic E-state index is -0.708. The highest BCUT2D eigenvalue weighted by molar-refractivity contribution is 7.39. The first-order valence-electron chi connectivity index (χ1n) is 3.98. The lowest BCUT2D eigenvalue weighted by atomic mass is 10.5. The zero-order valence-corrected chi connectivity index (χ0v) is 10.8. The van der Waals surface area contributed by atoms with Crippen molar-refractivity contribution in [3.05, 3.63) is 0 Å². The van der Waals surface area contributed by atoms with Crippen LogP contribution < -0.4 is 0 Å². The molecule has 0 radical (unpaired) electrons. The van der Waals surface area contributed by atoms with Crippen molar-refractivity contribution in [1.29, 1.82) is 0 Å². The Balaban J connectivity index is 4.06. The Morgan fingerprint density at radius 1 is 0.938 bits per heavy atom. The van der Waals surface area contributed by atoms with Crippen LogP contribution in [0, 0.1) is 0 Å². The number of hydrogen-bond donors (Lipinski definition) is 0. The molecule has 0 aliphatic rings. The summed E-state index contributed by atoms with van der Waals surface area (Å²) in [6.07, 6.45) is 0. The molecule has 0 aliphatic heterocycles. The van der Waals surface area contributed by atoms with Gasteiger partial charge in [-0.15, -0.1) is 0 Å². The molecule has 0 spiro atoms. The molecule has 2 unspecified atom stereocenters. The molecule has 0 N–H and O–H groups in total. The second-order valence-electron chi connectivity index (χ2n) is 2.56. The van der Waals surface area contributed by atoms with Crippen LogP contribution in [0.4, 0.5) is 9.59 Å². The van der Waals surface area contributed by atoms with Crippen molar-refractivity contribution in [2.75, 3.05) is 20.3 Å². The molecule has 0 aromatic carbocycles. The fourth-order valence-electron chi connectivity index (χ4n) is 0.598. The molecule has 0 aliphatic carbocycles. The number of imide groups is 1. The van der Waals surface area contributed by atoms with Crippen molar-refractivity contribution in [3.63, 3.8) is 0 Å². The topological polar surface area (TPSA) is 90.0 Å². The molecule has 0 bridgehead atoms. The van der Waals surface area contributed by atoms with E-state index in [4.69, 9.17) is 0 Å². The van der Waals surface area contributed by atoms with Gasteiger partial charge in [0.2, 0.25) is 0 Å².